The first-order chi connectivity index (χ1) is 14.2. The molecule has 1 fully saturated rings. The molecular weight excluding hydrogens is 402 g/mol. The van der Waals surface area contributed by atoms with Crippen LogP contribution < -0.4 is 9.64 Å². The Bertz CT molecular complexity index is 914. The Kier molecular flexibility index (Phi) is 6.66. The Morgan fingerprint density at radius 2 is 1.80 bits per heavy atom. The molecule has 1 aliphatic heterocycles. The van der Waals surface area contributed by atoms with E-state index in [4.69, 9.17) is 16.3 Å². The van der Waals surface area contributed by atoms with Gasteiger partial charge >= 0.3 is 5.97 Å². The molecule has 1 saturated heterocycles. The molecule has 0 bridgehead atoms. The van der Waals surface area contributed by atoms with E-state index in [1.54, 1.807) is 19.1 Å². The number of piperazine rings is 1. The highest BCUT2D eigenvalue weighted by atomic mass is 35.5. The summed E-state index contributed by atoms with van der Waals surface area (Å²) in [5.41, 5.74) is 2.69. The molecule has 3 rings (SSSR count). The van der Waals surface area contributed by atoms with Gasteiger partial charge in [-0.3, -0.25) is 9.59 Å². The topological polar surface area (TPSA) is 62.7 Å². The van der Waals surface area contributed by atoms with Gasteiger partial charge in [-0.2, -0.15) is 0 Å². The number of pyridine rings is 1. The molecule has 1 amide bonds. The van der Waals surface area contributed by atoms with Crippen molar-refractivity contribution in [3.05, 3.63) is 52.8 Å². The first-order valence-corrected chi connectivity index (χ1v) is 10.6. The second-order valence-corrected chi connectivity index (χ2v) is 8.83. The average molecular weight is 430 g/mol. The molecule has 1 aromatic carbocycles. The van der Waals surface area contributed by atoms with Gasteiger partial charge in [0.2, 0.25) is 0 Å². The lowest BCUT2D eigenvalue weighted by atomic mass is 9.85. The first kappa shape index (κ1) is 22.1. The van der Waals surface area contributed by atoms with Crippen molar-refractivity contribution in [1.29, 1.82) is 0 Å². The molecule has 0 radical (unpaired) electrons. The lowest BCUT2D eigenvalue weighted by Crippen LogP contribution is -2.49. The van der Waals surface area contributed by atoms with E-state index in [2.05, 4.69) is 36.7 Å². The summed E-state index contributed by atoms with van der Waals surface area (Å²) in [6, 6.07) is 9.22. The maximum absolute atomic E-state index is 12.8. The highest BCUT2D eigenvalue weighted by Gasteiger charge is 2.27. The second kappa shape index (κ2) is 9.04. The standard InChI is InChI=1S/C23H28ClN3O3/c1-5-21(28)30-17-7-8-19(25-15-17)22(29)27-12-10-26(11-13-27)20-9-6-16(24)14-18(20)23(2,3)4/h6-9,14-15H,5,10-13H2,1-4H3. The zero-order valence-corrected chi connectivity index (χ0v) is 18.7. The molecule has 1 aliphatic rings. The molecule has 0 aliphatic carbocycles. The van der Waals surface area contributed by atoms with E-state index in [0.29, 0.717) is 24.5 Å². The highest BCUT2D eigenvalue weighted by molar-refractivity contribution is 6.30. The third kappa shape index (κ3) is 5.11. The largest absolute Gasteiger partial charge is 0.425 e. The number of hydrogen-bond acceptors (Lipinski definition) is 5. The first-order valence-electron chi connectivity index (χ1n) is 10.2. The monoisotopic (exact) mass is 429 g/mol. The number of benzene rings is 1. The van der Waals surface area contributed by atoms with Crippen LogP contribution in [0, 0.1) is 0 Å². The summed E-state index contributed by atoms with van der Waals surface area (Å²) in [7, 11) is 0. The van der Waals surface area contributed by atoms with E-state index in [1.807, 2.05) is 17.0 Å². The van der Waals surface area contributed by atoms with Gasteiger partial charge in [0.25, 0.3) is 5.91 Å². The molecule has 0 unspecified atom stereocenters. The summed E-state index contributed by atoms with van der Waals surface area (Å²) < 4.78 is 5.11. The number of rotatable bonds is 4. The number of ether oxygens (including phenoxy) is 1. The van der Waals surface area contributed by atoms with Crippen molar-refractivity contribution in [1.82, 2.24) is 9.88 Å². The van der Waals surface area contributed by atoms with Crippen molar-refractivity contribution in [2.45, 2.75) is 39.5 Å². The number of aromatic nitrogens is 1. The fourth-order valence-electron chi connectivity index (χ4n) is 3.47. The van der Waals surface area contributed by atoms with E-state index >= 15 is 0 Å². The van der Waals surface area contributed by atoms with Crippen molar-refractivity contribution in [3.8, 4) is 5.75 Å². The van der Waals surface area contributed by atoms with Gasteiger partial charge < -0.3 is 14.5 Å². The number of amides is 1. The third-order valence-electron chi connectivity index (χ3n) is 5.15. The van der Waals surface area contributed by atoms with Crippen molar-refractivity contribution in [3.63, 3.8) is 0 Å². The van der Waals surface area contributed by atoms with Crippen LogP contribution in [-0.2, 0) is 10.2 Å². The molecule has 0 N–H and O–H groups in total. The Balaban J connectivity index is 1.66. The molecule has 2 aromatic rings. The molecule has 6 nitrogen and oxygen atoms in total. The van der Waals surface area contributed by atoms with Crippen LogP contribution in [0.4, 0.5) is 5.69 Å². The van der Waals surface area contributed by atoms with Crippen molar-refractivity contribution in [2.24, 2.45) is 0 Å². The molecule has 7 heteroatoms. The highest BCUT2D eigenvalue weighted by Crippen LogP contribution is 2.34. The summed E-state index contributed by atoms with van der Waals surface area (Å²) in [5, 5.41) is 0.733. The molecule has 30 heavy (non-hydrogen) atoms. The maximum atomic E-state index is 12.8. The third-order valence-corrected chi connectivity index (χ3v) is 5.39. The molecule has 2 heterocycles. The van der Waals surface area contributed by atoms with Crippen LogP contribution in [-0.4, -0.2) is 47.9 Å². The summed E-state index contributed by atoms with van der Waals surface area (Å²) in [5.74, 6) is -0.0975. The molecule has 0 atom stereocenters. The van der Waals surface area contributed by atoms with Crippen LogP contribution in [0.5, 0.6) is 5.75 Å². The predicted octanol–water partition coefficient (Wildman–Crippen LogP) is 4.31. The number of halogens is 1. The fraction of sp³-hybridized carbons (Fsp3) is 0.435. The maximum Gasteiger partial charge on any atom is 0.310 e. The molecule has 1 aromatic heterocycles. The van der Waals surface area contributed by atoms with Gasteiger partial charge in [-0.15, -0.1) is 0 Å². The lowest BCUT2D eigenvalue weighted by Gasteiger charge is -2.38. The van der Waals surface area contributed by atoms with E-state index in [-0.39, 0.29) is 23.7 Å². The number of carbonyl (C=O) groups excluding carboxylic acids is 2. The second-order valence-electron chi connectivity index (χ2n) is 8.40. The van der Waals surface area contributed by atoms with Crippen LogP contribution in [0.3, 0.4) is 0 Å². The molecule has 160 valence electrons. The van der Waals surface area contributed by atoms with Gasteiger partial charge in [-0.25, -0.2) is 4.98 Å². The summed E-state index contributed by atoms with van der Waals surface area (Å²) in [6.07, 6.45) is 1.70. The van der Waals surface area contributed by atoms with Crippen LogP contribution in [0.15, 0.2) is 36.5 Å². The normalized spacial score (nSPS) is 14.6. The van der Waals surface area contributed by atoms with Gasteiger partial charge in [-0.05, 0) is 41.3 Å². The Morgan fingerprint density at radius 3 is 2.37 bits per heavy atom. The fourth-order valence-corrected chi connectivity index (χ4v) is 3.64. The van der Waals surface area contributed by atoms with Crippen molar-refractivity contribution < 1.29 is 14.3 Å². The predicted molar refractivity (Wildman–Crippen MR) is 118 cm³/mol. The molecule has 0 spiro atoms. The van der Waals surface area contributed by atoms with Gasteiger partial charge in [0.05, 0.1) is 6.20 Å². The zero-order valence-electron chi connectivity index (χ0n) is 17.9. The smallest absolute Gasteiger partial charge is 0.310 e. The van der Waals surface area contributed by atoms with E-state index in [1.165, 1.54) is 17.4 Å². The Labute approximate surface area is 182 Å². The van der Waals surface area contributed by atoms with Gasteiger partial charge in [0.1, 0.15) is 11.4 Å². The van der Waals surface area contributed by atoms with Crippen LogP contribution in [0.2, 0.25) is 5.02 Å². The quantitative estimate of drug-likeness (QED) is 0.677. The number of nitrogens with zero attached hydrogens (tertiary/aromatic N) is 3. The summed E-state index contributed by atoms with van der Waals surface area (Å²) in [4.78, 5) is 32.5. The number of hydrogen-bond donors (Lipinski definition) is 0. The van der Waals surface area contributed by atoms with E-state index < -0.39 is 0 Å². The molecule has 0 saturated carbocycles. The summed E-state index contributed by atoms with van der Waals surface area (Å²) in [6.45, 7) is 10.9. The Morgan fingerprint density at radius 1 is 1.10 bits per heavy atom. The van der Waals surface area contributed by atoms with Crippen LogP contribution in [0.1, 0.15) is 50.2 Å². The van der Waals surface area contributed by atoms with Crippen LogP contribution in [0.25, 0.3) is 0 Å². The van der Waals surface area contributed by atoms with E-state index in [0.717, 1.165) is 18.1 Å². The minimum Gasteiger partial charge on any atom is -0.425 e. The number of esters is 1. The zero-order chi connectivity index (χ0) is 21.9. The minimum absolute atomic E-state index is 0.0277. The average Bonchev–Trinajstić information content (AvgIpc) is 2.73. The van der Waals surface area contributed by atoms with Crippen LogP contribution >= 0.6 is 11.6 Å². The molecular formula is C23H28ClN3O3. The van der Waals surface area contributed by atoms with Gasteiger partial charge in [-0.1, -0.05) is 39.3 Å². The minimum atomic E-state index is -0.330. The van der Waals surface area contributed by atoms with Crippen molar-refractivity contribution >= 4 is 29.2 Å². The lowest BCUT2D eigenvalue weighted by molar-refractivity contribution is -0.134. The van der Waals surface area contributed by atoms with Crippen molar-refractivity contribution in [2.75, 3.05) is 31.1 Å². The SMILES string of the molecule is CCC(=O)Oc1ccc(C(=O)N2CCN(c3ccc(Cl)cc3C(C)(C)C)CC2)nc1. The Hall–Kier alpha value is -2.60. The van der Waals surface area contributed by atoms with Gasteiger partial charge in [0.15, 0.2) is 0 Å². The number of anilines is 1. The van der Waals surface area contributed by atoms with Gasteiger partial charge in [0, 0.05) is 43.3 Å². The number of carbonyl (C=O) groups is 2. The summed E-state index contributed by atoms with van der Waals surface area (Å²) >= 11 is 6.24. The van der Waals surface area contributed by atoms with E-state index in [9.17, 15) is 9.59 Å².